The second-order valence-electron chi connectivity index (χ2n) is 5.95. The topological polar surface area (TPSA) is 65.8 Å². The number of rotatable bonds is 4. The largest absolute Gasteiger partial charge is 0.325 e. The molecule has 0 radical (unpaired) electrons. The lowest BCUT2D eigenvalue weighted by Gasteiger charge is -2.09. The van der Waals surface area contributed by atoms with Crippen LogP contribution < -0.4 is 5.32 Å². The van der Waals surface area contributed by atoms with E-state index in [0.29, 0.717) is 21.3 Å². The zero-order valence-corrected chi connectivity index (χ0v) is 15.9. The summed E-state index contributed by atoms with van der Waals surface area (Å²) in [6.45, 7) is 3.90. The van der Waals surface area contributed by atoms with Gasteiger partial charge in [0, 0.05) is 16.1 Å². The van der Waals surface area contributed by atoms with E-state index in [1.807, 2.05) is 44.2 Å². The van der Waals surface area contributed by atoms with Gasteiger partial charge in [0.25, 0.3) is 0 Å². The van der Waals surface area contributed by atoms with Crippen LogP contribution in [0.4, 0.5) is 5.69 Å². The number of carbonyl (C=O) groups excluding carboxylic acids is 1. The molecule has 4 nitrogen and oxygen atoms in total. The average molecular weight is 382 g/mol. The Balaban J connectivity index is 1.76. The van der Waals surface area contributed by atoms with Crippen LogP contribution >= 0.6 is 23.4 Å². The van der Waals surface area contributed by atoms with Gasteiger partial charge in [-0.1, -0.05) is 41.1 Å². The molecule has 0 spiro atoms. The highest BCUT2D eigenvalue weighted by molar-refractivity contribution is 8.00. The summed E-state index contributed by atoms with van der Waals surface area (Å²) in [6, 6.07) is 15.2. The van der Waals surface area contributed by atoms with Crippen LogP contribution in [0, 0.1) is 25.2 Å². The SMILES string of the molecule is Cc1ccc2nc(SCC(=O)Nc3cc(Cl)ccc3C)c(C#N)cc2c1. The number of thioether (sulfide) groups is 1. The van der Waals surface area contributed by atoms with Crippen molar-refractivity contribution in [1.29, 1.82) is 5.26 Å². The summed E-state index contributed by atoms with van der Waals surface area (Å²) in [5, 5.41) is 14.3. The molecule has 1 heterocycles. The fourth-order valence-corrected chi connectivity index (χ4v) is 3.45. The second-order valence-corrected chi connectivity index (χ2v) is 7.35. The fraction of sp³-hybridized carbons (Fsp3) is 0.150. The van der Waals surface area contributed by atoms with Crippen LogP contribution in [-0.2, 0) is 4.79 Å². The molecular weight excluding hydrogens is 366 g/mol. The second kappa shape index (κ2) is 7.77. The van der Waals surface area contributed by atoms with Crippen molar-refractivity contribution in [3.63, 3.8) is 0 Å². The summed E-state index contributed by atoms with van der Waals surface area (Å²) in [5.41, 5.74) is 4.01. The first-order chi connectivity index (χ1) is 12.5. The molecule has 26 heavy (non-hydrogen) atoms. The molecule has 1 N–H and O–H groups in total. The van der Waals surface area contributed by atoms with Gasteiger partial charge in [0.15, 0.2) is 0 Å². The zero-order chi connectivity index (χ0) is 18.7. The summed E-state index contributed by atoms with van der Waals surface area (Å²) < 4.78 is 0. The lowest BCUT2D eigenvalue weighted by atomic mass is 10.1. The van der Waals surface area contributed by atoms with E-state index in [-0.39, 0.29) is 11.7 Å². The Hall–Kier alpha value is -2.55. The summed E-state index contributed by atoms with van der Waals surface area (Å²) in [4.78, 5) is 16.8. The van der Waals surface area contributed by atoms with E-state index in [0.717, 1.165) is 22.0 Å². The maximum absolute atomic E-state index is 12.3. The van der Waals surface area contributed by atoms with Crippen molar-refractivity contribution in [3.8, 4) is 6.07 Å². The highest BCUT2D eigenvalue weighted by Gasteiger charge is 2.11. The van der Waals surface area contributed by atoms with Gasteiger partial charge in [-0.05, 0) is 49.7 Å². The molecule has 0 saturated heterocycles. The Kier molecular flexibility index (Phi) is 5.46. The molecular formula is C20H16ClN3OS. The molecule has 3 aromatic rings. The van der Waals surface area contributed by atoms with Crippen molar-refractivity contribution in [2.45, 2.75) is 18.9 Å². The van der Waals surface area contributed by atoms with Crippen LogP contribution in [0.25, 0.3) is 10.9 Å². The normalized spacial score (nSPS) is 10.5. The zero-order valence-electron chi connectivity index (χ0n) is 14.3. The van der Waals surface area contributed by atoms with E-state index in [1.54, 1.807) is 12.1 Å². The molecule has 1 amide bonds. The van der Waals surface area contributed by atoms with E-state index in [2.05, 4.69) is 16.4 Å². The standard InChI is InChI=1S/C20H16ClN3OS/c1-12-3-6-17-14(7-12)8-15(10-22)20(24-17)26-11-19(25)23-18-9-16(21)5-4-13(18)2/h3-9H,11H2,1-2H3,(H,23,25). The summed E-state index contributed by atoms with van der Waals surface area (Å²) in [7, 11) is 0. The van der Waals surface area contributed by atoms with Gasteiger partial charge in [-0.25, -0.2) is 4.98 Å². The van der Waals surface area contributed by atoms with Gasteiger partial charge in [0.1, 0.15) is 11.1 Å². The number of aromatic nitrogens is 1. The number of pyridine rings is 1. The first kappa shape index (κ1) is 18.2. The van der Waals surface area contributed by atoms with Crippen LogP contribution in [0.15, 0.2) is 47.5 Å². The first-order valence-electron chi connectivity index (χ1n) is 7.96. The quantitative estimate of drug-likeness (QED) is 0.638. The number of aryl methyl sites for hydroxylation is 2. The number of hydrogen-bond donors (Lipinski definition) is 1. The van der Waals surface area contributed by atoms with E-state index in [4.69, 9.17) is 11.6 Å². The summed E-state index contributed by atoms with van der Waals surface area (Å²) >= 11 is 7.23. The van der Waals surface area contributed by atoms with E-state index in [9.17, 15) is 10.1 Å². The molecule has 0 unspecified atom stereocenters. The predicted octanol–water partition coefficient (Wildman–Crippen LogP) is 5.11. The van der Waals surface area contributed by atoms with Gasteiger partial charge in [0.05, 0.1) is 16.8 Å². The van der Waals surface area contributed by atoms with Crippen molar-refractivity contribution >= 4 is 45.9 Å². The molecule has 0 fully saturated rings. The first-order valence-corrected chi connectivity index (χ1v) is 9.33. The number of carbonyl (C=O) groups is 1. The monoisotopic (exact) mass is 381 g/mol. The van der Waals surface area contributed by atoms with Crippen molar-refractivity contribution in [2.75, 3.05) is 11.1 Å². The highest BCUT2D eigenvalue weighted by Crippen LogP contribution is 2.26. The Morgan fingerprint density at radius 1 is 1.23 bits per heavy atom. The molecule has 0 bridgehead atoms. The maximum atomic E-state index is 12.3. The Bertz CT molecular complexity index is 1040. The number of fused-ring (bicyclic) bond motifs is 1. The Morgan fingerprint density at radius 3 is 2.81 bits per heavy atom. The number of halogens is 1. The summed E-state index contributed by atoms with van der Waals surface area (Å²) in [5.74, 6) is -0.0135. The van der Waals surface area contributed by atoms with Crippen LogP contribution in [0.5, 0.6) is 0 Å². The van der Waals surface area contributed by atoms with E-state index in [1.165, 1.54) is 11.8 Å². The van der Waals surface area contributed by atoms with Gasteiger partial charge >= 0.3 is 0 Å². The molecule has 6 heteroatoms. The van der Waals surface area contributed by atoms with Gasteiger partial charge < -0.3 is 5.32 Å². The fourth-order valence-electron chi connectivity index (χ4n) is 2.52. The molecule has 2 aromatic carbocycles. The lowest BCUT2D eigenvalue weighted by Crippen LogP contribution is -2.15. The van der Waals surface area contributed by atoms with Crippen LogP contribution in [-0.4, -0.2) is 16.6 Å². The van der Waals surface area contributed by atoms with Crippen molar-refractivity contribution in [1.82, 2.24) is 4.98 Å². The molecule has 0 saturated carbocycles. The maximum Gasteiger partial charge on any atom is 0.234 e. The van der Waals surface area contributed by atoms with Crippen LogP contribution in [0.1, 0.15) is 16.7 Å². The minimum absolute atomic E-state index is 0.158. The molecule has 0 aliphatic carbocycles. The van der Waals surface area contributed by atoms with Gasteiger partial charge in [-0.2, -0.15) is 5.26 Å². The number of nitrogens with zero attached hydrogens (tertiary/aromatic N) is 2. The number of nitriles is 1. The summed E-state index contributed by atoms with van der Waals surface area (Å²) in [6.07, 6.45) is 0. The number of amides is 1. The Morgan fingerprint density at radius 2 is 2.04 bits per heavy atom. The smallest absolute Gasteiger partial charge is 0.234 e. The molecule has 0 atom stereocenters. The predicted molar refractivity (Wildman–Crippen MR) is 107 cm³/mol. The molecule has 0 aliphatic rings. The van der Waals surface area contributed by atoms with Gasteiger partial charge in [-0.15, -0.1) is 0 Å². The Labute approximate surface area is 161 Å². The van der Waals surface area contributed by atoms with E-state index >= 15 is 0 Å². The third kappa shape index (κ3) is 4.16. The van der Waals surface area contributed by atoms with Gasteiger partial charge in [-0.3, -0.25) is 4.79 Å². The molecule has 1 aromatic heterocycles. The highest BCUT2D eigenvalue weighted by atomic mass is 35.5. The lowest BCUT2D eigenvalue weighted by molar-refractivity contribution is -0.113. The average Bonchev–Trinajstić information content (AvgIpc) is 2.62. The van der Waals surface area contributed by atoms with Crippen LogP contribution in [0.2, 0.25) is 5.02 Å². The third-order valence-electron chi connectivity index (χ3n) is 3.87. The molecule has 0 aliphatic heterocycles. The number of hydrogen-bond acceptors (Lipinski definition) is 4. The molecule has 130 valence electrons. The van der Waals surface area contributed by atoms with E-state index < -0.39 is 0 Å². The number of nitrogens with one attached hydrogen (secondary N) is 1. The minimum Gasteiger partial charge on any atom is -0.325 e. The van der Waals surface area contributed by atoms with Gasteiger partial charge in [0.2, 0.25) is 5.91 Å². The molecule has 3 rings (SSSR count). The van der Waals surface area contributed by atoms with Crippen molar-refractivity contribution in [3.05, 3.63) is 64.2 Å². The van der Waals surface area contributed by atoms with Crippen molar-refractivity contribution in [2.24, 2.45) is 0 Å². The van der Waals surface area contributed by atoms with Crippen LogP contribution in [0.3, 0.4) is 0 Å². The van der Waals surface area contributed by atoms with Crippen molar-refractivity contribution < 1.29 is 4.79 Å². The third-order valence-corrected chi connectivity index (χ3v) is 5.10. The number of anilines is 1. The number of benzene rings is 2. The minimum atomic E-state index is -0.171.